The van der Waals surface area contributed by atoms with Crippen molar-refractivity contribution in [2.45, 2.75) is 109 Å². The lowest BCUT2D eigenvalue weighted by Crippen LogP contribution is -2.70. The van der Waals surface area contributed by atoms with Crippen molar-refractivity contribution in [2.75, 3.05) is 6.61 Å². The second kappa shape index (κ2) is 10.5. The van der Waals surface area contributed by atoms with Crippen LogP contribution in [0.3, 0.4) is 0 Å². The average molecular weight is 407 g/mol. The Kier molecular flexibility index (Phi) is 8.35. The van der Waals surface area contributed by atoms with Gasteiger partial charge in [-0.25, -0.2) is 0 Å². The zero-order valence-electron chi connectivity index (χ0n) is 18.5. The highest BCUT2D eigenvalue weighted by molar-refractivity contribution is 5.97. The molecule has 0 bridgehead atoms. The van der Waals surface area contributed by atoms with Gasteiger partial charge in [0, 0.05) is 24.4 Å². The Morgan fingerprint density at radius 1 is 1.14 bits per heavy atom. The first-order valence-electron chi connectivity index (χ1n) is 12.3. The summed E-state index contributed by atoms with van der Waals surface area (Å²) in [6.45, 7) is 4.91. The molecule has 29 heavy (non-hydrogen) atoms. The Balaban J connectivity index is 1.76. The molecule has 0 radical (unpaired) electrons. The van der Waals surface area contributed by atoms with E-state index in [4.69, 9.17) is 4.74 Å². The van der Waals surface area contributed by atoms with Gasteiger partial charge in [0.15, 0.2) is 5.78 Å². The minimum atomic E-state index is -0.697. The molecule has 0 aromatic carbocycles. The van der Waals surface area contributed by atoms with Crippen LogP contribution < -0.4 is 0 Å². The summed E-state index contributed by atoms with van der Waals surface area (Å²) >= 11 is 0. The molecule has 0 spiro atoms. The van der Waals surface area contributed by atoms with E-state index in [-0.39, 0.29) is 23.5 Å². The maximum absolute atomic E-state index is 13.2. The van der Waals surface area contributed by atoms with E-state index in [0.29, 0.717) is 25.4 Å². The summed E-state index contributed by atoms with van der Waals surface area (Å²) in [5.74, 6) is 0.559. The normalized spacial score (nSPS) is 36.8. The molecule has 3 rings (SSSR count). The molecule has 4 nitrogen and oxygen atoms in total. The van der Waals surface area contributed by atoms with E-state index in [2.05, 4.69) is 13.8 Å². The van der Waals surface area contributed by atoms with Gasteiger partial charge in [0.25, 0.3) is 0 Å². The van der Waals surface area contributed by atoms with Crippen molar-refractivity contribution in [3.05, 3.63) is 12.2 Å². The monoisotopic (exact) mass is 406 g/mol. The van der Waals surface area contributed by atoms with Gasteiger partial charge in [-0.3, -0.25) is 4.79 Å². The maximum Gasteiger partial charge on any atom is 0.168 e. The summed E-state index contributed by atoms with van der Waals surface area (Å²) in [7, 11) is 0. The molecule has 3 aliphatic carbocycles. The number of Topliss-reactive ketones (excluding diaryl/α,β-unsaturated/α-hetero) is 1. The number of carbonyl (C=O) groups is 1. The first kappa shape index (κ1) is 23.0. The molecule has 166 valence electrons. The zero-order valence-corrected chi connectivity index (χ0v) is 18.5. The Hall–Kier alpha value is -0.710. The fourth-order valence-corrected chi connectivity index (χ4v) is 6.03. The van der Waals surface area contributed by atoms with Gasteiger partial charge >= 0.3 is 0 Å². The maximum atomic E-state index is 13.2. The summed E-state index contributed by atoms with van der Waals surface area (Å²) in [5.41, 5.74) is -0.697. The van der Waals surface area contributed by atoms with Gasteiger partial charge in [0.1, 0.15) is 5.60 Å². The average Bonchev–Trinajstić information content (AvgIpc) is 2.75. The molecule has 0 amide bonds. The minimum Gasteiger partial charge on any atom is -0.393 e. The molecule has 0 aliphatic heterocycles. The SMILES string of the molecule is CCCCO[C@]12CC[C@@H](O)[C@H](/C=C/[C@@H](O)C3CCCCC3)[C@H]1C(CCCC)C2=O. The molecule has 3 saturated carbocycles. The number of hydrogen-bond donors (Lipinski definition) is 2. The fourth-order valence-electron chi connectivity index (χ4n) is 6.03. The van der Waals surface area contributed by atoms with Crippen LogP contribution in [-0.4, -0.2) is 40.4 Å². The predicted octanol–water partition coefficient (Wildman–Crippen LogP) is 4.82. The molecule has 2 N–H and O–H groups in total. The smallest absolute Gasteiger partial charge is 0.168 e. The lowest BCUT2D eigenvalue weighted by Gasteiger charge is -2.59. The first-order valence-corrected chi connectivity index (χ1v) is 12.3. The van der Waals surface area contributed by atoms with Gasteiger partial charge in [-0.15, -0.1) is 0 Å². The summed E-state index contributed by atoms with van der Waals surface area (Å²) in [5, 5.41) is 21.5. The lowest BCUT2D eigenvalue weighted by atomic mass is 9.49. The molecule has 1 unspecified atom stereocenters. The standard InChI is InChI=1S/C25H42O4/c1-3-5-12-20-23-19(13-14-21(26)18-10-8-7-9-11-18)22(27)15-16-25(23,24(20)28)29-17-6-4-2/h13-14,18-23,26-27H,3-12,15-17H2,1-2H3/b14-13+/t19-,20?,21+,22+,23-,25+/m0/s1. The molecule has 6 atom stereocenters. The number of aliphatic hydroxyl groups is 2. The molecule has 0 aromatic heterocycles. The Morgan fingerprint density at radius 2 is 1.86 bits per heavy atom. The highest BCUT2D eigenvalue weighted by Crippen LogP contribution is 2.56. The van der Waals surface area contributed by atoms with Crippen molar-refractivity contribution in [3.63, 3.8) is 0 Å². The van der Waals surface area contributed by atoms with Crippen molar-refractivity contribution < 1.29 is 19.7 Å². The third kappa shape index (κ3) is 4.80. The number of unbranched alkanes of at least 4 members (excludes halogenated alkanes) is 2. The van der Waals surface area contributed by atoms with Crippen LogP contribution in [0.2, 0.25) is 0 Å². The molecular weight excluding hydrogens is 364 g/mol. The van der Waals surface area contributed by atoms with Gasteiger partial charge in [0.2, 0.25) is 0 Å². The topological polar surface area (TPSA) is 66.8 Å². The van der Waals surface area contributed by atoms with Crippen molar-refractivity contribution in [1.29, 1.82) is 0 Å². The van der Waals surface area contributed by atoms with E-state index in [9.17, 15) is 15.0 Å². The van der Waals surface area contributed by atoms with Gasteiger partial charge in [-0.2, -0.15) is 0 Å². The number of rotatable bonds is 10. The summed E-state index contributed by atoms with van der Waals surface area (Å²) in [6, 6.07) is 0. The molecule has 4 heteroatoms. The summed E-state index contributed by atoms with van der Waals surface area (Å²) < 4.78 is 6.28. The van der Waals surface area contributed by atoms with Gasteiger partial charge < -0.3 is 14.9 Å². The quantitative estimate of drug-likeness (QED) is 0.403. The molecule has 0 heterocycles. The minimum absolute atomic E-state index is 0.00648. The second-order valence-electron chi connectivity index (χ2n) is 9.69. The molecule has 0 aromatic rings. The number of hydrogen-bond acceptors (Lipinski definition) is 4. The van der Waals surface area contributed by atoms with Crippen molar-refractivity contribution >= 4 is 5.78 Å². The number of aliphatic hydroxyl groups excluding tert-OH is 2. The number of ether oxygens (including phenoxy) is 1. The predicted molar refractivity (Wildman–Crippen MR) is 116 cm³/mol. The Labute approximate surface area is 177 Å². The second-order valence-corrected chi connectivity index (χ2v) is 9.69. The molecule has 3 aliphatic rings. The number of fused-ring (bicyclic) bond motifs is 1. The third-order valence-electron chi connectivity index (χ3n) is 7.79. The zero-order chi connectivity index (χ0) is 20.9. The molecule has 0 saturated heterocycles. The molecule has 3 fully saturated rings. The first-order chi connectivity index (χ1) is 14.0. The highest BCUT2D eigenvalue weighted by atomic mass is 16.5. The van der Waals surface area contributed by atoms with Crippen LogP contribution in [0.4, 0.5) is 0 Å². The van der Waals surface area contributed by atoms with Crippen LogP contribution in [0.15, 0.2) is 12.2 Å². The van der Waals surface area contributed by atoms with E-state index >= 15 is 0 Å². The summed E-state index contributed by atoms with van der Waals surface area (Å²) in [6.07, 6.45) is 15.2. The van der Waals surface area contributed by atoms with Crippen LogP contribution in [0.25, 0.3) is 0 Å². The molecular formula is C25H42O4. The third-order valence-corrected chi connectivity index (χ3v) is 7.79. The van der Waals surface area contributed by atoms with Crippen LogP contribution in [0.1, 0.15) is 90.9 Å². The van der Waals surface area contributed by atoms with Crippen LogP contribution in [0, 0.1) is 23.7 Å². The Morgan fingerprint density at radius 3 is 2.55 bits per heavy atom. The van der Waals surface area contributed by atoms with Crippen LogP contribution in [-0.2, 0) is 9.53 Å². The van der Waals surface area contributed by atoms with E-state index in [1.165, 1.54) is 19.3 Å². The Bertz CT molecular complexity index is 553. The van der Waals surface area contributed by atoms with Crippen molar-refractivity contribution in [2.24, 2.45) is 23.7 Å². The van der Waals surface area contributed by atoms with Crippen LogP contribution >= 0.6 is 0 Å². The van der Waals surface area contributed by atoms with Crippen molar-refractivity contribution in [1.82, 2.24) is 0 Å². The van der Waals surface area contributed by atoms with Crippen molar-refractivity contribution in [3.8, 4) is 0 Å². The van der Waals surface area contributed by atoms with Crippen LogP contribution in [0.5, 0.6) is 0 Å². The van der Waals surface area contributed by atoms with E-state index in [1.807, 2.05) is 12.2 Å². The number of carbonyl (C=O) groups excluding carboxylic acids is 1. The number of ketones is 1. The van der Waals surface area contributed by atoms with Gasteiger partial charge in [-0.1, -0.05) is 64.5 Å². The van der Waals surface area contributed by atoms with E-state index in [0.717, 1.165) is 44.9 Å². The lowest BCUT2D eigenvalue weighted by molar-refractivity contribution is -0.217. The van der Waals surface area contributed by atoms with E-state index in [1.54, 1.807) is 0 Å². The largest absolute Gasteiger partial charge is 0.393 e. The fraction of sp³-hybridized carbons (Fsp3) is 0.880. The highest BCUT2D eigenvalue weighted by Gasteiger charge is 2.66. The van der Waals surface area contributed by atoms with E-state index < -0.39 is 17.8 Å². The summed E-state index contributed by atoms with van der Waals surface area (Å²) in [4.78, 5) is 13.2. The van der Waals surface area contributed by atoms with Gasteiger partial charge in [-0.05, 0) is 44.4 Å². The van der Waals surface area contributed by atoms with Gasteiger partial charge in [0.05, 0.1) is 12.2 Å².